The first-order valence-corrected chi connectivity index (χ1v) is 9.66. The molecule has 2 aromatic carbocycles. The van der Waals surface area contributed by atoms with E-state index in [4.69, 9.17) is 0 Å². The van der Waals surface area contributed by atoms with Crippen LogP contribution in [0.25, 0.3) is 11.3 Å². The average Bonchev–Trinajstić information content (AvgIpc) is 3.31. The van der Waals surface area contributed by atoms with E-state index in [0.29, 0.717) is 11.7 Å². The van der Waals surface area contributed by atoms with E-state index in [2.05, 4.69) is 15.7 Å². The second kappa shape index (κ2) is 8.03. The third-order valence-corrected chi connectivity index (χ3v) is 5.11. The van der Waals surface area contributed by atoms with Crippen LogP contribution >= 0.6 is 0 Å². The molecule has 1 fully saturated rings. The highest BCUT2D eigenvalue weighted by atomic mass is 19.1. The van der Waals surface area contributed by atoms with Crippen molar-refractivity contribution < 1.29 is 13.6 Å². The Balaban J connectivity index is 1.56. The highest BCUT2D eigenvalue weighted by Gasteiger charge is 2.20. The van der Waals surface area contributed by atoms with E-state index in [1.54, 1.807) is 13.1 Å². The maximum absolute atomic E-state index is 14.2. The zero-order chi connectivity index (χ0) is 20.4. The largest absolute Gasteiger partial charge is 0.382 e. The summed E-state index contributed by atoms with van der Waals surface area (Å²) in [5.41, 5.74) is 2.04. The van der Waals surface area contributed by atoms with Crippen molar-refractivity contribution in [2.45, 2.75) is 31.7 Å². The second-order valence-corrected chi connectivity index (χ2v) is 7.35. The van der Waals surface area contributed by atoms with Gasteiger partial charge in [0.15, 0.2) is 0 Å². The third kappa shape index (κ3) is 4.29. The quantitative estimate of drug-likeness (QED) is 0.640. The Labute approximate surface area is 167 Å². The van der Waals surface area contributed by atoms with Gasteiger partial charge in [0.25, 0.3) is 5.91 Å². The molecule has 5 nitrogen and oxygen atoms in total. The Morgan fingerprint density at radius 2 is 1.86 bits per heavy atom. The van der Waals surface area contributed by atoms with Crippen molar-refractivity contribution in [3.8, 4) is 11.3 Å². The number of aromatic nitrogens is 2. The van der Waals surface area contributed by atoms with E-state index in [1.807, 2.05) is 18.2 Å². The van der Waals surface area contributed by atoms with Crippen molar-refractivity contribution in [2.75, 3.05) is 10.6 Å². The van der Waals surface area contributed by atoms with Gasteiger partial charge < -0.3 is 10.6 Å². The molecule has 1 amide bonds. The molecule has 0 unspecified atom stereocenters. The first-order valence-electron chi connectivity index (χ1n) is 9.66. The van der Waals surface area contributed by atoms with E-state index in [-0.39, 0.29) is 16.8 Å². The van der Waals surface area contributed by atoms with Gasteiger partial charge in [-0.05, 0) is 43.2 Å². The first-order chi connectivity index (χ1) is 14.0. The molecule has 0 aliphatic heterocycles. The number of rotatable bonds is 5. The number of hydrogen-bond donors (Lipinski definition) is 2. The minimum absolute atomic E-state index is 0.0776. The topological polar surface area (TPSA) is 59.0 Å². The van der Waals surface area contributed by atoms with Crippen molar-refractivity contribution in [3.63, 3.8) is 0 Å². The smallest absolute Gasteiger partial charge is 0.259 e. The molecule has 1 heterocycles. The molecule has 0 radical (unpaired) electrons. The summed E-state index contributed by atoms with van der Waals surface area (Å²) in [6, 6.07) is 11.2. The molecule has 0 atom stereocenters. The maximum Gasteiger partial charge on any atom is 0.259 e. The number of nitrogens with one attached hydrogen (secondary N) is 2. The molecule has 4 rings (SSSR count). The van der Waals surface area contributed by atoms with Gasteiger partial charge in [-0.2, -0.15) is 5.10 Å². The van der Waals surface area contributed by atoms with Crippen molar-refractivity contribution in [3.05, 3.63) is 65.9 Å². The van der Waals surface area contributed by atoms with Gasteiger partial charge in [0, 0.05) is 42.3 Å². The molecule has 0 bridgehead atoms. The number of anilines is 2. The molecule has 0 saturated heterocycles. The number of aryl methyl sites for hydroxylation is 1. The van der Waals surface area contributed by atoms with Crippen LogP contribution in [0.5, 0.6) is 0 Å². The zero-order valence-electron chi connectivity index (χ0n) is 16.1. The summed E-state index contributed by atoms with van der Waals surface area (Å²) < 4.78 is 28.9. The molecule has 0 spiro atoms. The lowest BCUT2D eigenvalue weighted by atomic mass is 10.1. The summed E-state index contributed by atoms with van der Waals surface area (Å²) in [5.74, 6) is -1.85. The zero-order valence-corrected chi connectivity index (χ0v) is 16.1. The second-order valence-electron chi connectivity index (χ2n) is 7.35. The fraction of sp³-hybridized carbons (Fsp3) is 0.273. The number of carbonyl (C=O) groups is 1. The van der Waals surface area contributed by atoms with Crippen LogP contribution in [0.3, 0.4) is 0 Å². The van der Waals surface area contributed by atoms with E-state index < -0.39 is 17.5 Å². The van der Waals surface area contributed by atoms with Gasteiger partial charge in [0.1, 0.15) is 17.3 Å². The highest BCUT2D eigenvalue weighted by molar-refractivity contribution is 6.08. The number of nitrogens with zero attached hydrogens (tertiary/aromatic N) is 2. The highest BCUT2D eigenvalue weighted by Crippen LogP contribution is 2.27. The van der Waals surface area contributed by atoms with Gasteiger partial charge in [-0.15, -0.1) is 0 Å². The summed E-state index contributed by atoms with van der Waals surface area (Å²) >= 11 is 0. The predicted molar refractivity (Wildman–Crippen MR) is 109 cm³/mol. The third-order valence-electron chi connectivity index (χ3n) is 5.11. The van der Waals surface area contributed by atoms with Crippen LogP contribution in [-0.2, 0) is 7.05 Å². The summed E-state index contributed by atoms with van der Waals surface area (Å²) in [6.45, 7) is 0. The van der Waals surface area contributed by atoms with Gasteiger partial charge in [0.2, 0.25) is 0 Å². The van der Waals surface area contributed by atoms with E-state index in [1.165, 1.54) is 29.8 Å². The van der Waals surface area contributed by atoms with Gasteiger partial charge >= 0.3 is 0 Å². The number of hydrogen-bond acceptors (Lipinski definition) is 3. The average molecular weight is 396 g/mol. The fourth-order valence-electron chi connectivity index (χ4n) is 3.73. The van der Waals surface area contributed by atoms with Crippen LogP contribution in [0, 0.1) is 11.6 Å². The van der Waals surface area contributed by atoms with E-state index in [9.17, 15) is 13.6 Å². The predicted octanol–water partition coefficient (Wildman–Crippen LogP) is 4.97. The number of carbonyl (C=O) groups excluding carboxylic acids is 1. The summed E-state index contributed by atoms with van der Waals surface area (Å²) in [4.78, 5) is 12.9. The van der Waals surface area contributed by atoms with E-state index in [0.717, 1.165) is 30.7 Å². The van der Waals surface area contributed by atoms with Gasteiger partial charge in [0.05, 0.1) is 5.56 Å². The molecular weight excluding hydrogens is 374 g/mol. The van der Waals surface area contributed by atoms with E-state index >= 15 is 0 Å². The van der Waals surface area contributed by atoms with Crippen LogP contribution in [0.15, 0.2) is 48.7 Å². The monoisotopic (exact) mass is 396 g/mol. The van der Waals surface area contributed by atoms with Crippen molar-refractivity contribution in [1.29, 1.82) is 0 Å². The minimum Gasteiger partial charge on any atom is -0.382 e. The lowest BCUT2D eigenvalue weighted by Gasteiger charge is -2.14. The molecule has 1 saturated carbocycles. The van der Waals surface area contributed by atoms with Crippen LogP contribution in [-0.4, -0.2) is 21.7 Å². The summed E-state index contributed by atoms with van der Waals surface area (Å²) in [7, 11) is 1.65. The maximum atomic E-state index is 14.2. The fourth-order valence-corrected chi connectivity index (χ4v) is 3.73. The van der Waals surface area contributed by atoms with Gasteiger partial charge in [-0.3, -0.25) is 9.48 Å². The van der Waals surface area contributed by atoms with Crippen LogP contribution in [0.4, 0.5) is 20.2 Å². The Morgan fingerprint density at radius 3 is 2.62 bits per heavy atom. The molecule has 2 N–H and O–H groups in total. The molecule has 29 heavy (non-hydrogen) atoms. The standard InChI is InChI=1S/C22H22F2N4O/c1-28-13-19(21(27-28)18-10-9-14(23)11-20(18)24)22(29)26-17-8-4-7-16(12-17)25-15-5-2-3-6-15/h4,7-13,15,25H,2-3,5-6H2,1H3,(H,26,29). The van der Waals surface area contributed by atoms with Crippen LogP contribution in [0.1, 0.15) is 36.0 Å². The Morgan fingerprint density at radius 1 is 1.10 bits per heavy atom. The van der Waals surface area contributed by atoms with Crippen LogP contribution < -0.4 is 10.6 Å². The number of amides is 1. The minimum atomic E-state index is -0.763. The Bertz CT molecular complexity index is 1040. The summed E-state index contributed by atoms with van der Waals surface area (Å²) in [6.07, 6.45) is 6.29. The lowest BCUT2D eigenvalue weighted by molar-refractivity contribution is 0.102. The Kier molecular flexibility index (Phi) is 5.29. The van der Waals surface area contributed by atoms with Gasteiger partial charge in [-0.25, -0.2) is 8.78 Å². The summed E-state index contributed by atoms with van der Waals surface area (Å²) in [5, 5.41) is 10.5. The molecule has 150 valence electrons. The molecule has 1 aliphatic rings. The first kappa shape index (κ1) is 19.1. The molecular formula is C22H22F2N4O. The van der Waals surface area contributed by atoms with Gasteiger partial charge in [-0.1, -0.05) is 18.9 Å². The molecule has 1 aromatic heterocycles. The van der Waals surface area contributed by atoms with Crippen molar-refractivity contribution in [1.82, 2.24) is 9.78 Å². The molecule has 3 aromatic rings. The lowest BCUT2D eigenvalue weighted by Crippen LogP contribution is -2.15. The SMILES string of the molecule is Cn1cc(C(=O)Nc2cccc(NC3CCCC3)c2)c(-c2ccc(F)cc2F)n1. The van der Waals surface area contributed by atoms with Crippen molar-refractivity contribution >= 4 is 17.3 Å². The molecule has 1 aliphatic carbocycles. The Hall–Kier alpha value is -3.22. The molecule has 7 heteroatoms. The normalized spacial score (nSPS) is 14.2. The number of benzene rings is 2. The van der Waals surface area contributed by atoms with Crippen molar-refractivity contribution in [2.24, 2.45) is 7.05 Å². The van der Waals surface area contributed by atoms with Crippen LogP contribution in [0.2, 0.25) is 0 Å². The number of halogens is 2.